The molecule has 43 heavy (non-hydrogen) atoms. The van der Waals surface area contributed by atoms with Gasteiger partial charge in [0.15, 0.2) is 0 Å². The van der Waals surface area contributed by atoms with E-state index in [-0.39, 0.29) is 29.2 Å². The molecule has 0 radical (unpaired) electrons. The second-order valence-corrected chi connectivity index (χ2v) is 11.9. The number of hydrogen-bond donors (Lipinski definition) is 1. The van der Waals surface area contributed by atoms with E-state index in [1.807, 2.05) is 30.3 Å². The summed E-state index contributed by atoms with van der Waals surface area (Å²) in [6.45, 7) is -0.761. The summed E-state index contributed by atoms with van der Waals surface area (Å²) in [4.78, 5) is 39.6. The highest BCUT2D eigenvalue weighted by atomic mass is 35.5. The molecule has 0 bridgehead atoms. The molecule has 0 heterocycles. The molecule has 0 aliphatic rings. The number of carbonyl (C=O) groups is 2. The fourth-order valence-corrected chi connectivity index (χ4v) is 6.07. The quantitative estimate of drug-likeness (QED) is 0.178. The van der Waals surface area contributed by atoms with Crippen LogP contribution in [0, 0.1) is 10.1 Å². The third kappa shape index (κ3) is 7.76. The molecule has 1 N–H and O–H groups in total. The Morgan fingerprint density at radius 1 is 0.884 bits per heavy atom. The average Bonchev–Trinajstić information content (AvgIpc) is 3.02. The number of nitrogens with zero attached hydrogens (tertiary/aromatic N) is 3. The topological polar surface area (TPSA) is 130 Å². The van der Waals surface area contributed by atoms with E-state index in [2.05, 4.69) is 5.32 Å². The van der Waals surface area contributed by atoms with Crippen LogP contribution in [0.3, 0.4) is 0 Å². The minimum Gasteiger partial charge on any atom is -0.357 e. The van der Waals surface area contributed by atoms with Gasteiger partial charge in [-0.2, -0.15) is 0 Å². The highest BCUT2D eigenvalue weighted by Crippen LogP contribution is 2.28. The van der Waals surface area contributed by atoms with Gasteiger partial charge in [0.05, 0.1) is 15.5 Å². The molecule has 2 amide bonds. The van der Waals surface area contributed by atoms with Crippen LogP contribution in [0.4, 0.5) is 11.4 Å². The number of carbonyl (C=O) groups excluding carboxylic acids is 2. The minimum absolute atomic E-state index is 0.0327. The Morgan fingerprint density at radius 3 is 2.12 bits per heavy atom. The Hall–Kier alpha value is -4.74. The predicted octanol–water partition coefficient (Wildman–Crippen LogP) is 4.83. The molecule has 0 unspecified atom stereocenters. The molecule has 1 atom stereocenters. The number of likely N-dealkylation sites (N-methyl/N-ethyl adjacent to an activating group) is 1. The third-order valence-corrected chi connectivity index (χ3v) is 8.76. The Labute approximate surface area is 254 Å². The molecule has 4 rings (SSSR count). The number of nitrogens with one attached hydrogen (secondary N) is 1. The first kappa shape index (κ1) is 31.2. The lowest BCUT2D eigenvalue weighted by Gasteiger charge is -2.33. The predicted molar refractivity (Wildman–Crippen MR) is 164 cm³/mol. The Bertz CT molecular complexity index is 1690. The maximum atomic E-state index is 14.2. The standard InChI is InChI=1S/C31H29ClN4O6S/c1-33-31(38)29(19-23-9-4-2-5-10-23)34(21-24-15-17-25(32)18-16-24)30(37)22-35(26-11-8-12-27(20-26)36(39)40)43(41,42)28-13-6-3-7-14-28/h2-18,20,29H,19,21-22H2,1H3,(H,33,38)/t29-/m1/s1. The number of anilines is 1. The molecule has 0 fully saturated rings. The van der Waals surface area contributed by atoms with E-state index < -0.39 is 39.3 Å². The second-order valence-electron chi connectivity index (χ2n) is 9.57. The lowest BCUT2D eigenvalue weighted by molar-refractivity contribution is -0.384. The molecule has 12 heteroatoms. The maximum absolute atomic E-state index is 14.2. The monoisotopic (exact) mass is 620 g/mol. The zero-order valence-electron chi connectivity index (χ0n) is 23.2. The number of nitro benzene ring substituents is 1. The molecule has 0 aliphatic heterocycles. The number of rotatable bonds is 12. The number of hydrogen-bond acceptors (Lipinski definition) is 6. The van der Waals surface area contributed by atoms with E-state index in [0.29, 0.717) is 10.6 Å². The molecule has 10 nitrogen and oxygen atoms in total. The van der Waals surface area contributed by atoms with Gasteiger partial charge in [-0.05, 0) is 41.5 Å². The van der Waals surface area contributed by atoms with Gasteiger partial charge in [0.1, 0.15) is 12.6 Å². The Balaban J connectivity index is 1.80. The minimum atomic E-state index is -4.37. The van der Waals surface area contributed by atoms with Crippen molar-refractivity contribution >= 4 is 44.8 Å². The summed E-state index contributed by atoms with van der Waals surface area (Å²) >= 11 is 6.07. The average molecular weight is 621 g/mol. The number of benzene rings is 4. The van der Waals surface area contributed by atoms with Crippen molar-refractivity contribution in [2.75, 3.05) is 17.9 Å². The Kier molecular flexibility index (Phi) is 10.1. The summed E-state index contributed by atoms with van der Waals surface area (Å²) in [5.74, 6) is -1.13. The van der Waals surface area contributed by atoms with Crippen LogP contribution >= 0.6 is 11.6 Å². The zero-order chi connectivity index (χ0) is 31.0. The van der Waals surface area contributed by atoms with E-state index in [1.165, 1.54) is 54.4 Å². The van der Waals surface area contributed by atoms with Crippen LogP contribution in [0.5, 0.6) is 0 Å². The highest BCUT2D eigenvalue weighted by Gasteiger charge is 2.34. The number of nitro groups is 1. The van der Waals surface area contributed by atoms with Crippen molar-refractivity contribution in [2.24, 2.45) is 0 Å². The summed E-state index contributed by atoms with van der Waals surface area (Å²) in [5.41, 5.74) is 1.03. The van der Waals surface area contributed by atoms with Gasteiger partial charge in [-0.15, -0.1) is 0 Å². The van der Waals surface area contributed by atoms with Gasteiger partial charge in [0, 0.05) is 37.2 Å². The van der Waals surface area contributed by atoms with Crippen molar-refractivity contribution in [1.29, 1.82) is 0 Å². The van der Waals surface area contributed by atoms with Crippen LogP contribution < -0.4 is 9.62 Å². The van der Waals surface area contributed by atoms with E-state index in [4.69, 9.17) is 11.6 Å². The summed E-state index contributed by atoms with van der Waals surface area (Å²) < 4.78 is 28.6. The van der Waals surface area contributed by atoms with Crippen molar-refractivity contribution in [1.82, 2.24) is 10.2 Å². The molecule has 0 saturated heterocycles. The van der Waals surface area contributed by atoms with Crippen molar-refractivity contribution in [3.05, 3.63) is 135 Å². The summed E-state index contributed by atoms with van der Waals surface area (Å²) in [6, 6.07) is 27.4. The molecule has 0 spiro atoms. The first-order valence-electron chi connectivity index (χ1n) is 13.2. The maximum Gasteiger partial charge on any atom is 0.271 e. The van der Waals surface area contributed by atoms with Crippen molar-refractivity contribution in [3.8, 4) is 0 Å². The van der Waals surface area contributed by atoms with Gasteiger partial charge in [0.2, 0.25) is 11.8 Å². The number of halogens is 1. The van der Waals surface area contributed by atoms with Gasteiger partial charge in [-0.25, -0.2) is 8.42 Å². The highest BCUT2D eigenvalue weighted by molar-refractivity contribution is 7.92. The van der Waals surface area contributed by atoms with Crippen LogP contribution in [0.1, 0.15) is 11.1 Å². The first-order valence-corrected chi connectivity index (χ1v) is 15.0. The fraction of sp³-hybridized carbons (Fsp3) is 0.161. The number of amides is 2. The van der Waals surface area contributed by atoms with E-state index >= 15 is 0 Å². The van der Waals surface area contributed by atoms with Gasteiger partial charge in [0.25, 0.3) is 15.7 Å². The van der Waals surface area contributed by atoms with Crippen LogP contribution in [-0.4, -0.2) is 49.7 Å². The van der Waals surface area contributed by atoms with Crippen molar-refractivity contribution in [3.63, 3.8) is 0 Å². The van der Waals surface area contributed by atoms with E-state index in [9.17, 15) is 28.1 Å². The van der Waals surface area contributed by atoms with Gasteiger partial charge in [-0.3, -0.25) is 24.0 Å². The normalized spacial score (nSPS) is 11.8. The third-order valence-electron chi connectivity index (χ3n) is 6.72. The molecular formula is C31H29ClN4O6S. The van der Waals surface area contributed by atoms with Crippen molar-refractivity contribution < 1.29 is 22.9 Å². The number of non-ortho nitro benzene ring substituents is 1. The summed E-state index contributed by atoms with van der Waals surface area (Å²) in [5, 5.41) is 14.6. The van der Waals surface area contributed by atoms with Crippen LogP contribution in [-0.2, 0) is 32.6 Å². The molecule has 4 aromatic carbocycles. The molecular weight excluding hydrogens is 592 g/mol. The van der Waals surface area contributed by atoms with Crippen molar-refractivity contribution in [2.45, 2.75) is 23.9 Å². The fourth-order valence-electron chi connectivity index (χ4n) is 4.52. The van der Waals surface area contributed by atoms with Gasteiger partial charge in [-0.1, -0.05) is 78.3 Å². The zero-order valence-corrected chi connectivity index (χ0v) is 24.7. The molecule has 0 aromatic heterocycles. The lowest BCUT2D eigenvalue weighted by Crippen LogP contribution is -2.53. The van der Waals surface area contributed by atoms with Gasteiger partial charge < -0.3 is 10.2 Å². The van der Waals surface area contributed by atoms with E-state index in [0.717, 1.165) is 15.9 Å². The summed E-state index contributed by atoms with van der Waals surface area (Å²) in [6.07, 6.45) is 0.155. The van der Waals surface area contributed by atoms with Gasteiger partial charge >= 0.3 is 0 Å². The van der Waals surface area contributed by atoms with Crippen LogP contribution in [0.2, 0.25) is 5.02 Å². The van der Waals surface area contributed by atoms with E-state index in [1.54, 1.807) is 30.3 Å². The smallest absolute Gasteiger partial charge is 0.271 e. The molecule has 4 aromatic rings. The van der Waals surface area contributed by atoms with Crippen LogP contribution in [0.25, 0.3) is 0 Å². The van der Waals surface area contributed by atoms with Crippen LogP contribution in [0.15, 0.2) is 114 Å². The number of sulfonamides is 1. The molecule has 0 aliphatic carbocycles. The SMILES string of the molecule is CNC(=O)[C@@H](Cc1ccccc1)N(Cc1ccc(Cl)cc1)C(=O)CN(c1cccc([N+](=O)[O-])c1)S(=O)(=O)c1ccccc1. The molecule has 222 valence electrons. The largest absolute Gasteiger partial charge is 0.357 e. The summed E-state index contributed by atoms with van der Waals surface area (Å²) in [7, 11) is -2.91. The second kappa shape index (κ2) is 14.0. The lowest BCUT2D eigenvalue weighted by atomic mass is 10.0. The first-order chi connectivity index (χ1) is 20.6. The molecule has 0 saturated carbocycles. The Morgan fingerprint density at radius 2 is 1.51 bits per heavy atom.